The third kappa shape index (κ3) is 3.75. The van der Waals surface area contributed by atoms with Gasteiger partial charge in [0, 0.05) is 11.9 Å². The maximum atomic E-state index is 13.5. The number of amides is 1. The van der Waals surface area contributed by atoms with Crippen LogP contribution in [0.1, 0.15) is 37.0 Å². The number of alkyl halides is 1. The number of halogens is 3. The van der Waals surface area contributed by atoms with Crippen molar-refractivity contribution in [2.24, 2.45) is 5.41 Å². The molecule has 0 saturated carbocycles. The molecule has 0 fully saturated rings. The SMILES string of the molecule is CCC(CC)(CBr)CNC(=O)c1c(F)cccc1F. The summed E-state index contributed by atoms with van der Waals surface area (Å²) in [6.07, 6.45) is 1.74. The van der Waals surface area contributed by atoms with Crippen molar-refractivity contribution >= 4 is 21.8 Å². The molecule has 0 saturated heterocycles. The van der Waals surface area contributed by atoms with Gasteiger partial charge in [0.1, 0.15) is 17.2 Å². The lowest BCUT2D eigenvalue weighted by molar-refractivity contribution is 0.0924. The van der Waals surface area contributed by atoms with E-state index in [-0.39, 0.29) is 5.41 Å². The van der Waals surface area contributed by atoms with Crippen molar-refractivity contribution in [2.45, 2.75) is 26.7 Å². The van der Waals surface area contributed by atoms with Crippen molar-refractivity contribution in [2.75, 3.05) is 11.9 Å². The van der Waals surface area contributed by atoms with E-state index in [1.165, 1.54) is 6.07 Å². The molecule has 0 aliphatic rings. The Labute approximate surface area is 120 Å². The van der Waals surface area contributed by atoms with E-state index in [0.29, 0.717) is 6.54 Å². The summed E-state index contributed by atoms with van der Waals surface area (Å²) in [4.78, 5) is 11.9. The van der Waals surface area contributed by atoms with Crippen LogP contribution in [0.4, 0.5) is 8.78 Å². The standard InChI is InChI=1S/C14H18BrF2NO/c1-3-14(4-2,8-15)9-18-13(19)12-10(16)6-5-7-11(12)17/h5-7H,3-4,8-9H2,1-2H3,(H,18,19). The molecule has 106 valence electrons. The Morgan fingerprint density at radius 2 is 1.79 bits per heavy atom. The average Bonchev–Trinajstić information content (AvgIpc) is 2.41. The first-order valence-corrected chi connectivity index (χ1v) is 7.40. The Kier molecular flexibility index (Phi) is 5.91. The quantitative estimate of drug-likeness (QED) is 0.786. The minimum atomic E-state index is -0.838. The van der Waals surface area contributed by atoms with Crippen LogP contribution in [0.25, 0.3) is 0 Å². The second-order valence-corrected chi connectivity index (χ2v) is 5.18. The molecule has 0 atom stereocenters. The number of benzene rings is 1. The third-order valence-corrected chi connectivity index (χ3v) is 4.79. The predicted octanol–water partition coefficient (Wildman–Crippen LogP) is 3.90. The van der Waals surface area contributed by atoms with E-state index in [4.69, 9.17) is 0 Å². The van der Waals surface area contributed by atoms with E-state index >= 15 is 0 Å². The molecule has 5 heteroatoms. The smallest absolute Gasteiger partial charge is 0.257 e. The monoisotopic (exact) mass is 333 g/mol. The summed E-state index contributed by atoms with van der Waals surface area (Å²) in [6.45, 7) is 4.44. The van der Waals surface area contributed by atoms with Gasteiger partial charge in [0.2, 0.25) is 0 Å². The maximum Gasteiger partial charge on any atom is 0.257 e. The fraction of sp³-hybridized carbons (Fsp3) is 0.500. The zero-order valence-electron chi connectivity index (χ0n) is 11.1. The number of hydrogen-bond acceptors (Lipinski definition) is 1. The number of nitrogens with one attached hydrogen (secondary N) is 1. The zero-order valence-corrected chi connectivity index (χ0v) is 12.7. The second-order valence-electron chi connectivity index (χ2n) is 4.62. The Bertz CT molecular complexity index is 419. The van der Waals surface area contributed by atoms with Crippen molar-refractivity contribution in [1.82, 2.24) is 5.32 Å². The molecule has 19 heavy (non-hydrogen) atoms. The molecule has 2 nitrogen and oxygen atoms in total. The lowest BCUT2D eigenvalue weighted by Gasteiger charge is -2.29. The molecular formula is C14H18BrF2NO. The topological polar surface area (TPSA) is 29.1 Å². The molecule has 1 aromatic carbocycles. The van der Waals surface area contributed by atoms with Crippen molar-refractivity contribution in [1.29, 1.82) is 0 Å². The summed E-state index contributed by atoms with van der Waals surface area (Å²) in [5.41, 5.74) is -0.601. The van der Waals surface area contributed by atoms with E-state index in [9.17, 15) is 13.6 Å². The molecule has 0 heterocycles. The lowest BCUT2D eigenvalue weighted by atomic mass is 9.84. The van der Waals surface area contributed by atoms with Crippen LogP contribution < -0.4 is 5.32 Å². The van der Waals surface area contributed by atoms with Crippen LogP contribution in [0.3, 0.4) is 0 Å². The zero-order chi connectivity index (χ0) is 14.5. The van der Waals surface area contributed by atoms with Gasteiger partial charge in [-0.2, -0.15) is 0 Å². The van der Waals surface area contributed by atoms with Gasteiger partial charge in [0.05, 0.1) is 0 Å². The first kappa shape index (κ1) is 16.1. The first-order valence-electron chi connectivity index (χ1n) is 6.28. The highest BCUT2D eigenvalue weighted by Gasteiger charge is 2.26. The average molecular weight is 334 g/mol. The fourth-order valence-corrected chi connectivity index (χ4v) is 2.80. The molecule has 0 aliphatic heterocycles. The summed E-state index contributed by atoms with van der Waals surface area (Å²) in [5, 5.41) is 3.35. The van der Waals surface area contributed by atoms with Crippen LogP contribution in [0.5, 0.6) is 0 Å². The Balaban J connectivity index is 2.81. The summed E-state index contributed by atoms with van der Waals surface area (Å²) >= 11 is 3.43. The van der Waals surface area contributed by atoms with E-state index < -0.39 is 23.1 Å². The first-order chi connectivity index (χ1) is 8.99. The number of hydrogen-bond donors (Lipinski definition) is 1. The molecule has 1 rings (SSSR count). The Morgan fingerprint density at radius 1 is 1.26 bits per heavy atom. The maximum absolute atomic E-state index is 13.5. The molecular weight excluding hydrogens is 316 g/mol. The van der Waals surface area contributed by atoms with Gasteiger partial charge in [-0.25, -0.2) is 8.78 Å². The number of carbonyl (C=O) groups excluding carboxylic acids is 1. The van der Waals surface area contributed by atoms with E-state index in [0.717, 1.165) is 30.3 Å². The number of carbonyl (C=O) groups is 1. The van der Waals surface area contributed by atoms with E-state index in [1.807, 2.05) is 13.8 Å². The second kappa shape index (κ2) is 6.98. The lowest BCUT2D eigenvalue weighted by Crippen LogP contribution is -2.38. The Hall–Kier alpha value is -0.970. The summed E-state index contributed by atoms with van der Waals surface area (Å²) in [7, 11) is 0. The molecule has 1 amide bonds. The van der Waals surface area contributed by atoms with Crippen LogP contribution in [0.2, 0.25) is 0 Å². The van der Waals surface area contributed by atoms with Gasteiger partial charge >= 0.3 is 0 Å². The van der Waals surface area contributed by atoms with Crippen LogP contribution in [0, 0.1) is 17.0 Å². The molecule has 0 spiro atoms. The van der Waals surface area contributed by atoms with Crippen LogP contribution in [-0.4, -0.2) is 17.8 Å². The third-order valence-electron chi connectivity index (χ3n) is 3.60. The molecule has 0 unspecified atom stereocenters. The van der Waals surface area contributed by atoms with E-state index in [2.05, 4.69) is 21.2 Å². The molecule has 0 aromatic heterocycles. The Morgan fingerprint density at radius 3 is 2.21 bits per heavy atom. The van der Waals surface area contributed by atoms with Crippen molar-refractivity contribution < 1.29 is 13.6 Å². The summed E-state index contributed by atoms with van der Waals surface area (Å²) < 4.78 is 26.9. The van der Waals surface area contributed by atoms with Crippen molar-refractivity contribution in [3.63, 3.8) is 0 Å². The molecule has 1 aromatic rings. The van der Waals surface area contributed by atoms with E-state index in [1.54, 1.807) is 0 Å². The highest BCUT2D eigenvalue weighted by molar-refractivity contribution is 9.09. The predicted molar refractivity (Wildman–Crippen MR) is 75.5 cm³/mol. The summed E-state index contributed by atoms with van der Waals surface area (Å²) in [6, 6.07) is 3.40. The summed E-state index contributed by atoms with van der Waals surface area (Å²) in [5.74, 6) is -2.38. The van der Waals surface area contributed by atoms with Crippen molar-refractivity contribution in [3.05, 3.63) is 35.4 Å². The van der Waals surface area contributed by atoms with Gasteiger partial charge in [-0.1, -0.05) is 35.8 Å². The highest BCUT2D eigenvalue weighted by atomic mass is 79.9. The van der Waals surface area contributed by atoms with Gasteiger partial charge in [0.25, 0.3) is 5.91 Å². The van der Waals surface area contributed by atoms with Gasteiger partial charge in [-0.15, -0.1) is 0 Å². The van der Waals surface area contributed by atoms with Crippen molar-refractivity contribution in [3.8, 4) is 0 Å². The number of rotatable bonds is 6. The molecule has 0 bridgehead atoms. The highest BCUT2D eigenvalue weighted by Crippen LogP contribution is 2.28. The minimum absolute atomic E-state index is 0.0859. The normalized spacial score (nSPS) is 11.4. The van der Waals surface area contributed by atoms with Gasteiger partial charge in [-0.3, -0.25) is 4.79 Å². The minimum Gasteiger partial charge on any atom is -0.351 e. The molecule has 0 aliphatic carbocycles. The largest absolute Gasteiger partial charge is 0.351 e. The molecule has 1 N–H and O–H groups in total. The van der Waals surface area contributed by atoms with Gasteiger partial charge in [0.15, 0.2) is 0 Å². The van der Waals surface area contributed by atoms with Gasteiger partial charge in [-0.05, 0) is 30.4 Å². The van der Waals surface area contributed by atoms with Crippen LogP contribution in [0.15, 0.2) is 18.2 Å². The fourth-order valence-electron chi connectivity index (χ4n) is 1.81. The van der Waals surface area contributed by atoms with Crippen LogP contribution >= 0.6 is 15.9 Å². The van der Waals surface area contributed by atoms with Gasteiger partial charge < -0.3 is 5.32 Å². The van der Waals surface area contributed by atoms with Crippen LogP contribution in [-0.2, 0) is 0 Å². The molecule has 0 radical (unpaired) electrons.